The minimum atomic E-state index is -0.181. The Morgan fingerprint density at radius 3 is 2.27 bits per heavy atom. The van der Waals surface area contributed by atoms with Gasteiger partial charge in [0.05, 0.1) is 5.56 Å². The third-order valence-corrected chi connectivity index (χ3v) is 4.10. The molecule has 5 heteroatoms. The largest absolute Gasteiger partial charge is 0.348 e. The van der Waals surface area contributed by atoms with Crippen LogP contribution in [0.4, 0.5) is 11.6 Å². The van der Waals surface area contributed by atoms with E-state index in [-0.39, 0.29) is 5.91 Å². The Kier molecular flexibility index (Phi) is 5.59. The fourth-order valence-electron chi connectivity index (χ4n) is 2.62. The highest BCUT2D eigenvalue weighted by Crippen LogP contribution is 2.20. The van der Waals surface area contributed by atoms with Crippen molar-refractivity contribution in [2.45, 2.75) is 20.4 Å². The molecular weight excluding hydrogens is 324 g/mol. The standard InChI is InChI=1S/C21H22N4O/c1-3-25(19-7-5-4-6-8-19)21-23-14-18(15-24-21)20(26)22-13-17-11-9-16(2)10-12-17/h4-12,14-15H,3,13H2,1-2H3,(H,22,26). The molecule has 3 rings (SSSR count). The summed E-state index contributed by atoms with van der Waals surface area (Å²) in [6.07, 6.45) is 3.14. The topological polar surface area (TPSA) is 58.1 Å². The molecule has 0 saturated carbocycles. The van der Waals surface area contributed by atoms with E-state index in [0.29, 0.717) is 18.1 Å². The monoisotopic (exact) mass is 346 g/mol. The van der Waals surface area contributed by atoms with E-state index in [1.807, 2.05) is 73.3 Å². The number of aryl methyl sites for hydroxylation is 1. The smallest absolute Gasteiger partial charge is 0.254 e. The van der Waals surface area contributed by atoms with Crippen molar-refractivity contribution in [2.24, 2.45) is 0 Å². The summed E-state index contributed by atoms with van der Waals surface area (Å²) in [5.41, 5.74) is 3.72. The zero-order valence-corrected chi connectivity index (χ0v) is 15.0. The molecule has 0 fully saturated rings. The first-order valence-electron chi connectivity index (χ1n) is 8.65. The second-order valence-corrected chi connectivity index (χ2v) is 6.02. The quantitative estimate of drug-likeness (QED) is 0.736. The lowest BCUT2D eigenvalue weighted by molar-refractivity contribution is 0.0950. The van der Waals surface area contributed by atoms with Gasteiger partial charge in [-0.3, -0.25) is 4.79 Å². The fraction of sp³-hybridized carbons (Fsp3) is 0.190. The number of para-hydroxylation sites is 1. The average Bonchev–Trinajstić information content (AvgIpc) is 2.69. The van der Waals surface area contributed by atoms with Crippen molar-refractivity contribution in [1.29, 1.82) is 0 Å². The molecular formula is C21H22N4O. The number of nitrogens with zero attached hydrogens (tertiary/aromatic N) is 3. The molecule has 1 amide bonds. The van der Waals surface area contributed by atoms with Gasteiger partial charge in [-0.05, 0) is 31.5 Å². The van der Waals surface area contributed by atoms with Crippen molar-refractivity contribution < 1.29 is 4.79 Å². The van der Waals surface area contributed by atoms with E-state index in [1.54, 1.807) is 12.4 Å². The Morgan fingerprint density at radius 1 is 1.00 bits per heavy atom. The molecule has 2 aromatic carbocycles. The summed E-state index contributed by atoms with van der Waals surface area (Å²) in [5.74, 6) is 0.397. The molecule has 132 valence electrons. The van der Waals surface area contributed by atoms with Crippen LogP contribution in [0.15, 0.2) is 67.0 Å². The number of hydrogen-bond acceptors (Lipinski definition) is 4. The Morgan fingerprint density at radius 2 is 1.65 bits per heavy atom. The summed E-state index contributed by atoms with van der Waals surface area (Å²) in [6, 6.07) is 18.0. The molecule has 0 aliphatic heterocycles. The van der Waals surface area contributed by atoms with E-state index in [4.69, 9.17) is 0 Å². The number of rotatable bonds is 6. The maximum atomic E-state index is 12.3. The van der Waals surface area contributed by atoms with Crippen molar-refractivity contribution in [1.82, 2.24) is 15.3 Å². The predicted molar refractivity (Wildman–Crippen MR) is 104 cm³/mol. The van der Waals surface area contributed by atoms with Crippen molar-refractivity contribution in [3.63, 3.8) is 0 Å². The van der Waals surface area contributed by atoms with Crippen LogP contribution in [0.25, 0.3) is 0 Å². The minimum Gasteiger partial charge on any atom is -0.348 e. The summed E-state index contributed by atoms with van der Waals surface area (Å²) in [7, 11) is 0. The summed E-state index contributed by atoms with van der Waals surface area (Å²) in [5, 5.41) is 2.90. The number of anilines is 2. The van der Waals surface area contributed by atoms with Crippen LogP contribution in [0.2, 0.25) is 0 Å². The van der Waals surface area contributed by atoms with Crippen molar-refractivity contribution in [3.05, 3.63) is 83.7 Å². The maximum Gasteiger partial charge on any atom is 0.254 e. The molecule has 3 aromatic rings. The number of hydrogen-bond donors (Lipinski definition) is 1. The van der Waals surface area contributed by atoms with Gasteiger partial charge in [0.15, 0.2) is 0 Å². The molecule has 1 N–H and O–H groups in total. The van der Waals surface area contributed by atoms with Crippen molar-refractivity contribution in [3.8, 4) is 0 Å². The number of carbonyl (C=O) groups excluding carboxylic acids is 1. The van der Waals surface area contributed by atoms with E-state index < -0.39 is 0 Å². The Hall–Kier alpha value is -3.21. The second-order valence-electron chi connectivity index (χ2n) is 6.02. The molecule has 0 radical (unpaired) electrons. The molecule has 0 unspecified atom stereocenters. The Balaban J connectivity index is 1.66. The summed E-state index contributed by atoms with van der Waals surface area (Å²) in [4.78, 5) is 23.0. The van der Waals surface area contributed by atoms with Gasteiger partial charge in [-0.25, -0.2) is 9.97 Å². The van der Waals surface area contributed by atoms with Crippen LogP contribution in [0.5, 0.6) is 0 Å². The van der Waals surface area contributed by atoms with Crippen LogP contribution in [0.3, 0.4) is 0 Å². The third-order valence-electron chi connectivity index (χ3n) is 4.10. The number of aromatic nitrogens is 2. The number of carbonyl (C=O) groups is 1. The van der Waals surface area contributed by atoms with E-state index in [1.165, 1.54) is 5.56 Å². The van der Waals surface area contributed by atoms with Crippen LogP contribution in [-0.4, -0.2) is 22.4 Å². The lowest BCUT2D eigenvalue weighted by Crippen LogP contribution is -2.24. The summed E-state index contributed by atoms with van der Waals surface area (Å²) < 4.78 is 0. The highest BCUT2D eigenvalue weighted by atomic mass is 16.1. The van der Waals surface area contributed by atoms with Crippen molar-refractivity contribution >= 4 is 17.5 Å². The van der Waals surface area contributed by atoms with Crippen LogP contribution in [-0.2, 0) is 6.54 Å². The molecule has 0 aliphatic rings. The minimum absolute atomic E-state index is 0.181. The molecule has 1 heterocycles. The molecule has 0 atom stereocenters. The second kappa shape index (κ2) is 8.25. The number of nitrogens with one attached hydrogen (secondary N) is 1. The van der Waals surface area contributed by atoms with Crippen LogP contribution in [0, 0.1) is 6.92 Å². The first kappa shape index (κ1) is 17.6. The Bertz CT molecular complexity index is 845. The van der Waals surface area contributed by atoms with E-state index in [2.05, 4.69) is 15.3 Å². The molecule has 0 aliphatic carbocycles. The predicted octanol–water partition coefficient (Wildman–Crippen LogP) is 3.87. The van der Waals surface area contributed by atoms with Crippen molar-refractivity contribution in [2.75, 3.05) is 11.4 Å². The van der Waals surface area contributed by atoms with Crippen LogP contribution < -0.4 is 10.2 Å². The summed E-state index contributed by atoms with van der Waals surface area (Å²) >= 11 is 0. The highest BCUT2D eigenvalue weighted by molar-refractivity contribution is 5.93. The van der Waals surface area contributed by atoms with E-state index in [9.17, 15) is 4.79 Å². The maximum absolute atomic E-state index is 12.3. The van der Waals surface area contributed by atoms with Gasteiger partial charge in [0.2, 0.25) is 5.95 Å². The molecule has 5 nitrogen and oxygen atoms in total. The van der Waals surface area contributed by atoms with Gasteiger partial charge in [-0.1, -0.05) is 48.0 Å². The van der Waals surface area contributed by atoms with Gasteiger partial charge in [0.1, 0.15) is 0 Å². The molecule has 26 heavy (non-hydrogen) atoms. The van der Waals surface area contributed by atoms with Gasteiger partial charge in [-0.2, -0.15) is 0 Å². The molecule has 0 spiro atoms. The highest BCUT2D eigenvalue weighted by Gasteiger charge is 2.12. The van der Waals surface area contributed by atoms with Crippen LogP contribution in [0.1, 0.15) is 28.4 Å². The Labute approximate surface area is 153 Å². The lowest BCUT2D eigenvalue weighted by Gasteiger charge is -2.20. The zero-order chi connectivity index (χ0) is 18.4. The van der Waals surface area contributed by atoms with Gasteiger partial charge in [-0.15, -0.1) is 0 Å². The fourth-order valence-corrected chi connectivity index (χ4v) is 2.62. The first-order chi connectivity index (χ1) is 12.7. The van der Waals surface area contributed by atoms with Gasteiger partial charge in [0, 0.05) is 31.2 Å². The normalized spacial score (nSPS) is 10.4. The SMILES string of the molecule is CCN(c1ccccc1)c1ncc(C(=O)NCc2ccc(C)cc2)cn1. The van der Waals surface area contributed by atoms with E-state index in [0.717, 1.165) is 17.8 Å². The number of benzene rings is 2. The van der Waals surface area contributed by atoms with Gasteiger partial charge in [0.25, 0.3) is 5.91 Å². The average molecular weight is 346 g/mol. The van der Waals surface area contributed by atoms with Gasteiger partial charge >= 0.3 is 0 Å². The van der Waals surface area contributed by atoms with E-state index >= 15 is 0 Å². The number of amides is 1. The third kappa shape index (κ3) is 4.25. The van der Waals surface area contributed by atoms with Crippen LogP contribution >= 0.6 is 0 Å². The molecule has 1 aromatic heterocycles. The van der Waals surface area contributed by atoms with Gasteiger partial charge < -0.3 is 10.2 Å². The molecule has 0 bridgehead atoms. The zero-order valence-electron chi connectivity index (χ0n) is 15.0. The molecule has 0 saturated heterocycles. The first-order valence-corrected chi connectivity index (χ1v) is 8.65. The summed E-state index contributed by atoms with van der Waals surface area (Å²) in [6.45, 7) is 5.30. The lowest BCUT2D eigenvalue weighted by atomic mass is 10.1.